The number of imidazole rings is 3. The van der Waals surface area contributed by atoms with Crippen LogP contribution in [-0.2, 0) is 9.31 Å². The molecule has 3 N–H and O–H groups in total. The molecular weight excluding hydrogens is 2030 g/mol. The van der Waals surface area contributed by atoms with E-state index in [1.54, 1.807) is 24.4 Å². The number of pyridine rings is 6. The summed E-state index contributed by atoms with van der Waals surface area (Å²) in [5.74, 6) is 0.649. The van der Waals surface area contributed by atoms with Gasteiger partial charge in [0.25, 0.3) is 0 Å². The Morgan fingerprint density at radius 2 is 0.738 bits per heavy atom. The first-order valence-electron chi connectivity index (χ1n) is 47.1. The molecule has 0 radical (unpaired) electrons. The first kappa shape index (κ1) is 99.6. The highest BCUT2D eigenvalue weighted by atomic mass is 79.9. The summed E-state index contributed by atoms with van der Waals surface area (Å²) in [5, 5.41) is 4.57. The van der Waals surface area contributed by atoms with E-state index in [-0.39, 0.29) is 42.5 Å². The molecule has 0 aliphatic carbocycles. The minimum Gasteiger partial charge on any atom is -0.399 e. The number of nitrogens with two attached hydrogens (primary N) is 1. The number of fused-ring (bicyclic) bond motifs is 4. The largest absolute Gasteiger partial charge is 0.494 e. The van der Waals surface area contributed by atoms with Crippen LogP contribution in [0.1, 0.15) is 67.0 Å². The van der Waals surface area contributed by atoms with Crippen molar-refractivity contribution in [3.63, 3.8) is 0 Å². The number of nitrogens with zero attached hydrogens (tertiary/aromatic N) is 10. The monoisotopic (exact) mass is 2120 g/mol. The maximum absolute atomic E-state index is 12.2. The number of aromatic nitrogens is 9. The standard InChI is InChI=1S/C49H35N5.C25H25BN2O2.C19H13BrN2.C14H10Br2O.C11H7Cl2N.C5H6N2.CH4/c1-4-14-34(15-5-1)41-32-42(35-22-26-39(27-23-35)48-46(37-16-6-2-7-17-37)51-44-20-10-12-30-53(44)48)50-43(33-41)36-24-28-40(29-25-36)49-47(38-18-8-3-9-19-38)52-45-21-11-13-31-54(45)49;1-24(2)25(3,4)30-26(29-24)20-15-13-19(14-16-20)23-22(18-10-6-5-7-11-18)27-21-12-8-9-17-28(21)23;20-16-11-9-15(10-12-16)19-18(14-6-2-1-3-7-14)21-17-8-4-5-13-22(17)19;15-12-8-6-10(7-9-12)13(16)14(17)11-4-2-1-3-5-11;12-10-6-9(7-11(13)14-10)8-4-2-1-3-5-8;6-5-3-1-2-4-7-5;/h1-33,44,51H;5-17H,1-4H3;1-13H;1-9,13H;1-7H;1-4H,(H2,6,7);1H4. The van der Waals surface area contributed by atoms with E-state index in [1.807, 2.05) is 182 Å². The molecule has 1 fully saturated rings. The van der Waals surface area contributed by atoms with E-state index in [0.717, 1.165) is 172 Å². The van der Waals surface area contributed by atoms with E-state index in [9.17, 15) is 4.79 Å². The van der Waals surface area contributed by atoms with Crippen LogP contribution >= 0.6 is 71.0 Å². The number of Topliss-reactive ketones (excluding diaryl/α,β-unsaturated/α-hetero) is 1. The van der Waals surface area contributed by atoms with Crippen LogP contribution in [0.25, 0.3) is 141 Å². The normalized spacial score (nSPS) is 13.6. The van der Waals surface area contributed by atoms with E-state index in [1.165, 1.54) is 5.56 Å². The number of hydrogen-bond donors (Lipinski definition) is 2. The minimum atomic E-state index is -0.361. The Bertz CT molecular complexity index is 8070. The van der Waals surface area contributed by atoms with Crippen molar-refractivity contribution in [1.29, 1.82) is 0 Å². The maximum Gasteiger partial charge on any atom is 0.494 e. The molecule has 712 valence electrons. The van der Waals surface area contributed by atoms with Gasteiger partial charge in [-0.2, -0.15) is 0 Å². The molecule has 0 spiro atoms. The van der Waals surface area contributed by atoms with Crippen LogP contribution in [0.2, 0.25) is 10.3 Å². The number of anilines is 1. The molecule has 24 rings (SSSR count). The van der Waals surface area contributed by atoms with Gasteiger partial charge >= 0.3 is 7.12 Å². The molecule has 3 aliphatic heterocycles. The smallest absolute Gasteiger partial charge is 0.399 e. The topological polar surface area (TPSA) is 167 Å². The van der Waals surface area contributed by atoms with Crippen LogP contribution in [0.5, 0.6) is 0 Å². The molecule has 0 saturated carbocycles. The summed E-state index contributed by atoms with van der Waals surface area (Å²) in [7, 11) is -0.361. The van der Waals surface area contributed by atoms with Gasteiger partial charge in [-0.05, 0) is 176 Å². The summed E-state index contributed by atoms with van der Waals surface area (Å²) in [5.41, 5.74) is 35.9. The number of carbonyl (C=O) groups is 1. The summed E-state index contributed by atoms with van der Waals surface area (Å²) in [4.78, 5) is 41.9. The number of hydrogen-bond acceptors (Lipinski definition) is 12. The minimum absolute atomic E-state index is 0. The molecule has 0 bridgehead atoms. The van der Waals surface area contributed by atoms with Gasteiger partial charge in [0.2, 0.25) is 0 Å². The van der Waals surface area contributed by atoms with Crippen molar-refractivity contribution in [2.45, 2.75) is 57.3 Å². The molecule has 21 heteroatoms. The first-order chi connectivity index (χ1) is 70.3. The van der Waals surface area contributed by atoms with Gasteiger partial charge in [-0.1, -0.05) is 418 Å². The fraction of sp³-hybridized carbons (Fsp3) is 0.0726. The second-order valence-corrected chi connectivity index (χ2v) is 38.8. The molecule has 12 aromatic carbocycles. The predicted molar refractivity (Wildman–Crippen MR) is 608 cm³/mol. The van der Waals surface area contributed by atoms with Crippen molar-refractivity contribution in [1.82, 2.24) is 53.3 Å². The van der Waals surface area contributed by atoms with E-state index in [2.05, 4.69) is 382 Å². The predicted octanol–water partition coefficient (Wildman–Crippen LogP) is 31.7. The lowest BCUT2D eigenvalue weighted by molar-refractivity contribution is 0.00578. The third-order valence-electron chi connectivity index (χ3n) is 25.2. The van der Waals surface area contributed by atoms with Crippen molar-refractivity contribution in [2.24, 2.45) is 0 Å². The van der Waals surface area contributed by atoms with Crippen molar-refractivity contribution in [3.05, 3.63) is 521 Å². The third kappa shape index (κ3) is 23.2. The van der Waals surface area contributed by atoms with Crippen molar-refractivity contribution in [3.8, 4) is 112 Å². The molecule has 2 atom stereocenters. The Morgan fingerprint density at radius 1 is 0.379 bits per heavy atom. The van der Waals surface area contributed by atoms with Crippen LogP contribution < -0.4 is 16.5 Å². The Morgan fingerprint density at radius 3 is 1.14 bits per heavy atom. The third-order valence-corrected chi connectivity index (χ3v) is 27.6. The lowest BCUT2D eigenvalue weighted by atomic mass is 9.78. The van der Waals surface area contributed by atoms with Crippen LogP contribution in [0.3, 0.4) is 0 Å². The van der Waals surface area contributed by atoms with Gasteiger partial charge in [-0.3, -0.25) is 18.0 Å². The Kier molecular flexibility index (Phi) is 31.5. The van der Waals surface area contributed by atoms with E-state index in [0.29, 0.717) is 16.1 Å². The van der Waals surface area contributed by atoms with Crippen LogP contribution in [-0.4, -0.2) is 78.3 Å². The molecular formula is C124H100BBr3Cl2N12O3. The Hall–Kier alpha value is -15.5. The van der Waals surface area contributed by atoms with Crippen molar-refractivity contribution in [2.75, 3.05) is 5.73 Å². The number of nitrogens with one attached hydrogen (secondary N) is 1. The zero-order valence-corrected chi connectivity index (χ0v) is 85.3. The molecule has 145 heavy (non-hydrogen) atoms. The van der Waals surface area contributed by atoms with Gasteiger partial charge in [-0.25, -0.2) is 29.9 Å². The lowest BCUT2D eigenvalue weighted by Gasteiger charge is -2.32. The summed E-state index contributed by atoms with van der Waals surface area (Å²) in [6, 6.07) is 145. The average molecular weight is 2130 g/mol. The van der Waals surface area contributed by atoms with Crippen LogP contribution in [0, 0.1) is 0 Å². The van der Waals surface area contributed by atoms with E-state index < -0.39 is 0 Å². The number of benzene rings is 12. The Balaban J connectivity index is 0.000000128. The SMILES string of the molecule is Brc1ccc(-c2c(-c3ccccc3)nc3ccccn23)cc1.C.C1=CC2NC(c3ccccc3)=C(c3ccc(-c4cc(-c5ccccc5)cc(-c5ccc(-c6c(-c7ccccc7)nc7ccccn67)cc5)n4)cc3)N2C=C1.CC1(C)OB(c2ccc(-c3c(-c4ccccc4)nc4ccccn34)cc2)OC1(C)C.Clc1cc(-c2ccccc2)cc(Cl)n1.Nc1ccccn1.O=C(c1ccccc1)C(Br)c1ccc(Br)cc1. The average Bonchev–Trinajstić information content (AvgIpc) is 1.63. The number of halogens is 5. The highest BCUT2D eigenvalue weighted by Crippen LogP contribution is 2.43. The lowest BCUT2D eigenvalue weighted by Crippen LogP contribution is -2.41. The zero-order chi connectivity index (χ0) is 99.1. The van der Waals surface area contributed by atoms with Crippen molar-refractivity contribution < 1.29 is 14.1 Å². The highest BCUT2D eigenvalue weighted by molar-refractivity contribution is 9.11. The first-order valence-corrected chi connectivity index (χ1v) is 50.4. The number of nitrogen functional groups attached to an aromatic ring is 1. The zero-order valence-electron chi connectivity index (χ0n) is 79.0. The number of ketones is 1. The van der Waals surface area contributed by atoms with Gasteiger partial charge in [0.05, 0.1) is 68.1 Å². The molecule has 21 aromatic rings. The number of rotatable bonds is 16. The molecule has 2 unspecified atom stereocenters. The molecule has 0 amide bonds. The molecule has 9 aromatic heterocycles. The quantitative estimate of drug-likeness (QED) is 0.0407. The molecule has 15 nitrogen and oxygen atoms in total. The fourth-order valence-corrected chi connectivity index (χ4v) is 18.8. The summed E-state index contributed by atoms with van der Waals surface area (Å²) >= 11 is 21.9. The second kappa shape index (κ2) is 45.8. The van der Waals surface area contributed by atoms with Gasteiger partial charge in [-0.15, -0.1) is 0 Å². The van der Waals surface area contributed by atoms with Crippen molar-refractivity contribution >= 4 is 124 Å². The highest BCUT2D eigenvalue weighted by Gasteiger charge is 2.52. The fourth-order valence-electron chi connectivity index (χ4n) is 17.3. The van der Waals surface area contributed by atoms with E-state index in [4.69, 9.17) is 58.2 Å². The molecule has 3 aliphatic rings. The molecule has 1 saturated heterocycles. The van der Waals surface area contributed by atoms with E-state index >= 15 is 0 Å². The number of carbonyl (C=O) groups excluding carboxylic acids is 1. The second-order valence-electron chi connectivity index (χ2n) is 35.3. The van der Waals surface area contributed by atoms with Gasteiger partial charge in [0.15, 0.2) is 5.78 Å². The number of allylic oxidation sites excluding steroid dienone is 2. The van der Waals surface area contributed by atoms with Gasteiger partial charge in [0.1, 0.15) is 44.1 Å². The maximum atomic E-state index is 12.2. The number of alkyl halides is 1. The van der Waals surface area contributed by atoms with Crippen LogP contribution in [0.4, 0.5) is 5.82 Å². The molecule has 12 heterocycles. The van der Waals surface area contributed by atoms with Crippen LogP contribution in [0.15, 0.2) is 489 Å². The summed E-state index contributed by atoms with van der Waals surface area (Å²) in [6.07, 6.45) is 16.5. The Labute approximate surface area is 880 Å². The van der Waals surface area contributed by atoms with Gasteiger partial charge < -0.3 is 25.3 Å². The summed E-state index contributed by atoms with van der Waals surface area (Å²) < 4.78 is 21.0. The summed E-state index contributed by atoms with van der Waals surface area (Å²) in [6.45, 7) is 8.30. The van der Waals surface area contributed by atoms with Gasteiger partial charge in [0, 0.05) is 95.6 Å².